The van der Waals surface area contributed by atoms with Gasteiger partial charge in [-0.05, 0) is 55.7 Å². The number of hydrogen-bond acceptors (Lipinski definition) is 8. The van der Waals surface area contributed by atoms with Gasteiger partial charge in [0.25, 0.3) is 11.7 Å². The normalized spacial score (nSPS) is 17.6. The second-order valence-electron chi connectivity index (χ2n) is 9.85. The van der Waals surface area contributed by atoms with E-state index in [0.29, 0.717) is 80.1 Å². The highest BCUT2D eigenvalue weighted by Gasteiger charge is 2.46. The summed E-state index contributed by atoms with van der Waals surface area (Å²) in [6.45, 7) is 6.66. The maximum atomic E-state index is 13.5. The van der Waals surface area contributed by atoms with Gasteiger partial charge >= 0.3 is 0 Å². The van der Waals surface area contributed by atoms with Crippen molar-refractivity contribution in [2.24, 2.45) is 0 Å². The standard InChI is InChI=1S/C31H35N3O7/c1-3-5-15-39-23-9-7-21(18-25(23)38-4-2)28-27(29(35)22-8-10-24-26(19-22)41-17-16-40-24)30(36)31(37)34(28)13-6-12-33-14-11-32-20-33/h7-11,14,18-20,28,35H,3-6,12-13,15-17H2,1-2H3. The quantitative estimate of drug-likeness (QED) is 0.146. The topological polar surface area (TPSA) is 112 Å². The van der Waals surface area contributed by atoms with Gasteiger partial charge < -0.3 is 33.5 Å². The first kappa shape index (κ1) is 28.1. The van der Waals surface area contributed by atoms with Crippen molar-refractivity contribution in [3.63, 3.8) is 0 Å². The van der Waals surface area contributed by atoms with Gasteiger partial charge in [-0.2, -0.15) is 0 Å². The van der Waals surface area contributed by atoms with Crippen LogP contribution in [0.1, 0.15) is 50.3 Å². The summed E-state index contributed by atoms with van der Waals surface area (Å²) in [7, 11) is 0. The Kier molecular flexibility index (Phi) is 8.76. The number of likely N-dealkylation sites (tertiary alicyclic amines) is 1. The average Bonchev–Trinajstić information content (AvgIpc) is 3.60. The van der Waals surface area contributed by atoms with E-state index < -0.39 is 17.7 Å². The van der Waals surface area contributed by atoms with Crippen LogP contribution in [0.3, 0.4) is 0 Å². The fourth-order valence-corrected chi connectivity index (χ4v) is 5.05. The lowest BCUT2D eigenvalue weighted by atomic mass is 9.94. The lowest BCUT2D eigenvalue weighted by Crippen LogP contribution is -2.31. The monoisotopic (exact) mass is 561 g/mol. The SMILES string of the molecule is CCCCOc1ccc(C2C(=C(O)c3ccc4c(c3)OCCO4)C(=O)C(=O)N2CCCn2ccnc2)cc1OCC. The summed E-state index contributed by atoms with van der Waals surface area (Å²) in [6.07, 6.45) is 7.73. The van der Waals surface area contributed by atoms with Gasteiger partial charge in [0.15, 0.2) is 23.0 Å². The molecule has 0 spiro atoms. The van der Waals surface area contributed by atoms with E-state index in [0.717, 1.165) is 12.8 Å². The van der Waals surface area contributed by atoms with Crippen molar-refractivity contribution in [3.8, 4) is 23.0 Å². The Morgan fingerprint density at radius 2 is 1.83 bits per heavy atom. The summed E-state index contributed by atoms with van der Waals surface area (Å²) in [5.74, 6) is 0.455. The number of benzene rings is 2. The van der Waals surface area contributed by atoms with Crippen LogP contribution >= 0.6 is 0 Å². The Labute approximate surface area is 239 Å². The van der Waals surface area contributed by atoms with Crippen molar-refractivity contribution in [1.29, 1.82) is 0 Å². The summed E-state index contributed by atoms with van der Waals surface area (Å²) in [5, 5.41) is 11.5. The molecule has 0 saturated carbocycles. The molecule has 1 saturated heterocycles. The number of Topliss-reactive ketones (excluding diaryl/α,β-unsaturated/α-hetero) is 1. The molecule has 1 atom stereocenters. The number of aliphatic hydroxyl groups is 1. The summed E-state index contributed by atoms with van der Waals surface area (Å²) in [4.78, 5) is 32.5. The summed E-state index contributed by atoms with van der Waals surface area (Å²) in [6, 6.07) is 9.56. The minimum absolute atomic E-state index is 0.0106. The second kappa shape index (κ2) is 12.8. The van der Waals surface area contributed by atoms with Crippen LogP contribution in [0.5, 0.6) is 23.0 Å². The van der Waals surface area contributed by atoms with Gasteiger partial charge in [0.2, 0.25) is 0 Å². The maximum Gasteiger partial charge on any atom is 0.295 e. The van der Waals surface area contributed by atoms with Crippen LogP contribution < -0.4 is 18.9 Å². The van der Waals surface area contributed by atoms with Gasteiger partial charge in [-0.1, -0.05) is 19.4 Å². The molecule has 5 rings (SSSR count). The number of aromatic nitrogens is 2. The van der Waals surface area contributed by atoms with Crippen LogP contribution in [-0.2, 0) is 16.1 Å². The maximum absolute atomic E-state index is 13.5. The van der Waals surface area contributed by atoms with E-state index in [1.165, 1.54) is 4.90 Å². The van der Waals surface area contributed by atoms with E-state index in [4.69, 9.17) is 18.9 Å². The Balaban J connectivity index is 1.55. The molecule has 0 aliphatic carbocycles. The first-order valence-corrected chi connectivity index (χ1v) is 14.1. The zero-order chi connectivity index (χ0) is 28.8. The van der Waals surface area contributed by atoms with Gasteiger partial charge in [-0.25, -0.2) is 4.98 Å². The minimum atomic E-state index is -0.824. The molecule has 1 unspecified atom stereocenters. The third-order valence-corrected chi connectivity index (χ3v) is 7.07. The molecule has 1 amide bonds. The largest absolute Gasteiger partial charge is 0.507 e. The lowest BCUT2D eigenvalue weighted by Gasteiger charge is -2.26. The minimum Gasteiger partial charge on any atom is -0.507 e. The number of aliphatic hydroxyl groups excluding tert-OH is 1. The van der Waals surface area contributed by atoms with Gasteiger partial charge in [0.1, 0.15) is 19.0 Å². The molecular formula is C31H35N3O7. The van der Waals surface area contributed by atoms with E-state index in [1.54, 1.807) is 42.9 Å². The van der Waals surface area contributed by atoms with Crippen molar-refractivity contribution < 1.29 is 33.6 Å². The number of nitrogens with zero attached hydrogens (tertiary/aromatic N) is 3. The number of aryl methyl sites for hydroxylation is 1. The predicted molar refractivity (Wildman–Crippen MR) is 151 cm³/mol. The number of carbonyl (C=O) groups excluding carboxylic acids is 2. The van der Waals surface area contributed by atoms with Crippen LogP contribution in [0.15, 0.2) is 60.7 Å². The molecule has 41 heavy (non-hydrogen) atoms. The van der Waals surface area contributed by atoms with Crippen LogP contribution in [-0.4, -0.2) is 64.2 Å². The summed E-state index contributed by atoms with van der Waals surface area (Å²) in [5.41, 5.74) is 1.01. The molecule has 1 fully saturated rings. The number of rotatable bonds is 12. The summed E-state index contributed by atoms with van der Waals surface area (Å²) >= 11 is 0. The Morgan fingerprint density at radius 1 is 1.00 bits per heavy atom. The lowest BCUT2D eigenvalue weighted by molar-refractivity contribution is -0.139. The van der Waals surface area contributed by atoms with Crippen molar-refractivity contribution in [2.45, 2.75) is 45.7 Å². The van der Waals surface area contributed by atoms with Gasteiger partial charge in [0, 0.05) is 31.0 Å². The highest BCUT2D eigenvalue weighted by molar-refractivity contribution is 6.46. The number of carbonyl (C=O) groups is 2. The molecular weight excluding hydrogens is 526 g/mol. The van der Waals surface area contributed by atoms with Crippen molar-refractivity contribution >= 4 is 17.4 Å². The van der Waals surface area contributed by atoms with Crippen molar-refractivity contribution in [2.75, 3.05) is 33.0 Å². The molecule has 2 aliphatic heterocycles. The smallest absolute Gasteiger partial charge is 0.295 e. The first-order chi connectivity index (χ1) is 20.0. The molecule has 1 aromatic heterocycles. The number of imidazole rings is 1. The Hall–Kier alpha value is -4.47. The number of ether oxygens (including phenoxy) is 4. The zero-order valence-electron chi connectivity index (χ0n) is 23.4. The second-order valence-corrected chi connectivity index (χ2v) is 9.85. The number of hydrogen-bond donors (Lipinski definition) is 1. The van der Waals surface area contributed by atoms with Crippen molar-refractivity contribution in [3.05, 3.63) is 71.8 Å². The molecule has 0 radical (unpaired) electrons. The van der Waals surface area contributed by atoms with E-state index >= 15 is 0 Å². The fraction of sp³-hybridized carbons (Fsp3) is 0.387. The fourth-order valence-electron chi connectivity index (χ4n) is 5.05. The molecule has 10 heteroatoms. The van der Waals surface area contributed by atoms with Gasteiger partial charge in [0.05, 0.1) is 31.2 Å². The Bertz CT molecular complexity index is 1420. The van der Waals surface area contributed by atoms with E-state index in [2.05, 4.69) is 11.9 Å². The molecule has 3 aromatic rings. The summed E-state index contributed by atoms with van der Waals surface area (Å²) < 4.78 is 25.0. The molecule has 10 nitrogen and oxygen atoms in total. The molecule has 0 bridgehead atoms. The van der Waals surface area contributed by atoms with E-state index in [-0.39, 0.29) is 11.3 Å². The predicted octanol–water partition coefficient (Wildman–Crippen LogP) is 4.74. The number of fused-ring (bicyclic) bond motifs is 1. The number of ketones is 1. The Morgan fingerprint density at radius 3 is 2.59 bits per heavy atom. The highest BCUT2D eigenvalue weighted by Crippen LogP contribution is 2.43. The molecule has 1 N–H and O–H groups in total. The van der Waals surface area contributed by atoms with Crippen LogP contribution in [0.2, 0.25) is 0 Å². The van der Waals surface area contributed by atoms with Crippen molar-refractivity contribution in [1.82, 2.24) is 14.5 Å². The van der Waals surface area contributed by atoms with E-state index in [1.807, 2.05) is 23.8 Å². The molecule has 216 valence electrons. The number of amides is 1. The highest BCUT2D eigenvalue weighted by atomic mass is 16.6. The molecule has 3 heterocycles. The van der Waals surface area contributed by atoms with Gasteiger partial charge in [-0.15, -0.1) is 0 Å². The van der Waals surface area contributed by atoms with Crippen LogP contribution in [0.4, 0.5) is 0 Å². The average molecular weight is 562 g/mol. The third-order valence-electron chi connectivity index (χ3n) is 7.07. The third kappa shape index (κ3) is 6.01. The number of unbranched alkanes of at least 4 members (excludes halogenated alkanes) is 1. The van der Waals surface area contributed by atoms with Crippen LogP contribution in [0, 0.1) is 0 Å². The molecule has 2 aromatic carbocycles. The molecule has 2 aliphatic rings. The first-order valence-electron chi connectivity index (χ1n) is 14.1. The zero-order valence-corrected chi connectivity index (χ0v) is 23.4. The van der Waals surface area contributed by atoms with Crippen LogP contribution in [0.25, 0.3) is 5.76 Å². The van der Waals surface area contributed by atoms with E-state index in [9.17, 15) is 14.7 Å². The van der Waals surface area contributed by atoms with Gasteiger partial charge in [-0.3, -0.25) is 9.59 Å².